The molecule has 0 nitrogen and oxygen atoms in total. The van der Waals surface area contributed by atoms with Gasteiger partial charge in [0.2, 0.25) is 0 Å². The molecule has 0 aliphatic rings. The van der Waals surface area contributed by atoms with Crippen LogP contribution in [0.2, 0.25) is 0 Å². The van der Waals surface area contributed by atoms with Crippen molar-refractivity contribution in [2.24, 2.45) is 0 Å². The summed E-state index contributed by atoms with van der Waals surface area (Å²) in [7, 11) is 5.99. The number of hydrogen-bond donors (Lipinski definition) is 0. The fraction of sp³-hybridized carbons (Fsp3) is 0. The molecule has 0 saturated heterocycles. The van der Waals surface area contributed by atoms with Gasteiger partial charge in [-0.2, -0.15) is 0 Å². The lowest BCUT2D eigenvalue weighted by atomic mass is 9.85. The topological polar surface area (TPSA) is 0 Å². The summed E-state index contributed by atoms with van der Waals surface area (Å²) in [5, 5.41) is 7.47. The second kappa shape index (κ2) is 7.14. The summed E-state index contributed by atoms with van der Waals surface area (Å²) in [5.41, 5.74) is 5.84. The molecular weight excluding hydrogens is 371 g/mol. The lowest BCUT2D eigenvalue weighted by Gasteiger charge is -2.18. The van der Waals surface area contributed by atoms with E-state index in [1.165, 1.54) is 54.6 Å². The minimum absolute atomic E-state index is 0.795. The number of fused-ring (bicyclic) bond motifs is 3. The lowest BCUT2D eigenvalue weighted by molar-refractivity contribution is 1.66. The number of hydrogen-bond acceptors (Lipinski definition) is 0. The summed E-state index contributed by atoms with van der Waals surface area (Å²) < 4.78 is 0. The van der Waals surface area contributed by atoms with Gasteiger partial charge in [0.1, 0.15) is 7.85 Å². The zero-order valence-electron chi connectivity index (χ0n) is 17.0. The van der Waals surface area contributed by atoms with E-state index >= 15 is 0 Å². The Kier molecular flexibility index (Phi) is 4.14. The van der Waals surface area contributed by atoms with Crippen molar-refractivity contribution in [2.75, 3.05) is 0 Å². The standard InChI is InChI=1S/C30H19B/c31-24-17-16-21-18-23(15-14-22(21)19-24)30-27-12-6-4-10-25(27)29(20-8-2-1-3-9-20)26-11-5-7-13-28(26)30/h1-19H. The maximum atomic E-state index is 5.99. The van der Waals surface area contributed by atoms with Gasteiger partial charge in [-0.05, 0) is 60.6 Å². The SMILES string of the molecule is [B]c1ccc2cc(-c3c4ccccc4c(-c4ccccc4)c4ccccc34)ccc2c1. The van der Waals surface area contributed by atoms with Crippen LogP contribution in [0.4, 0.5) is 0 Å². The Labute approximate surface area is 183 Å². The minimum atomic E-state index is 0.795. The van der Waals surface area contributed by atoms with E-state index in [0.29, 0.717) is 0 Å². The third-order valence-electron chi connectivity index (χ3n) is 6.15. The summed E-state index contributed by atoms with van der Waals surface area (Å²) in [5.74, 6) is 0. The van der Waals surface area contributed by atoms with E-state index in [-0.39, 0.29) is 0 Å². The Bertz CT molecular complexity index is 1520. The first-order valence-electron chi connectivity index (χ1n) is 10.6. The van der Waals surface area contributed by atoms with E-state index < -0.39 is 0 Å². The highest BCUT2D eigenvalue weighted by molar-refractivity contribution is 6.33. The number of rotatable bonds is 2. The van der Waals surface area contributed by atoms with Crippen LogP contribution in [0.25, 0.3) is 54.6 Å². The Hall–Kier alpha value is -3.84. The van der Waals surface area contributed by atoms with Crippen molar-refractivity contribution in [1.29, 1.82) is 0 Å². The fourth-order valence-corrected chi connectivity index (χ4v) is 4.77. The van der Waals surface area contributed by atoms with Crippen molar-refractivity contribution < 1.29 is 0 Å². The van der Waals surface area contributed by atoms with Crippen LogP contribution in [0, 0.1) is 0 Å². The summed E-state index contributed by atoms with van der Waals surface area (Å²) in [6.45, 7) is 0. The van der Waals surface area contributed by atoms with E-state index in [1.807, 2.05) is 12.1 Å². The molecule has 0 unspecified atom stereocenters. The second-order valence-electron chi connectivity index (χ2n) is 8.03. The highest BCUT2D eigenvalue weighted by Crippen LogP contribution is 2.43. The van der Waals surface area contributed by atoms with Crippen LogP contribution in [-0.2, 0) is 0 Å². The van der Waals surface area contributed by atoms with E-state index in [1.54, 1.807) is 0 Å². The molecule has 142 valence electrons. The van der Waals surface area contributed by atoms with Crippen molar-refractivity contribution >= 4 is 45.6 Å². The van der Waals surface area contributed by atoms with Crippen LogP contribution < -0.4 is 5.46 Å². The van der Waals surface area contributed by atoms with E-state index in [2.05, 4.69) is 103 Å². The van der Waals surface area contributed by atoms with Crippen molar-refractivity contribution in [2.45, 2.75) is 0 Å². The van der Waals surface area contributed by atoms with Crippen LogP contribution in [0.5, 0.6) is 0 Å². The average Bonchev–Trinajstić information content (AvgIpc) is 2.82. The molecule has 6 rings (SSSR count). The molecule has 6 aromatic carbocycles. The molecule has 0 aliphatic carbocycles. The van der Waals surface area contributed by atoms with Gasteiger partial charge in [-0.15, -0.1) is 0 Å². The molecule has 0 bridgehead atoms. The van der Waals surface area contributed by atoms with E-state index in [9.17, 15) is 0 Å². The Balaban J connectivity index is 1.76. The molecular formula is C30H19B. The monoisotopic (exact) mass is 390 g/mol. The lowest BCUT2D eigenvalue weighted by Crippen LogP contribution is -1.99. The zero-order valence-corrected chi connectivity index (χ0v) is 17.0. The van der Waals surface area contributed by atoms with Gasteiger partial charge in [-0.3, -0.25) is 0 Å². The fourth-order valence-electron chi connectivity index (χ4n) is 4.77. The predicted molar refractivity (Wildman–Crippen MR) is 135 cm³/mol. The molecule has 0 heterocycles. The largest absolute Gasteiger partial charge is 0.113 e. The molecule has 1 heteroatoms. The highest BCUT2D eigenvalue weighted by atomic mass is 14.2. The minimum Gasteiger partial charge on any atom is -0.0960 e. The predicted octanol–water partition coefficient (Wildman–Crippen LogP) is 7.27. The summed E-state index contributed by atoms with van der Waals surface area (Å²) >= 11 is 0. The van der Waals surface area contributed by atoms with Gasteiger partial charge in [0, 0.05) is 0 Å². The van der Waals surface area contributed by atoms with Gasteiger partial charge in [-0.25, -0.2) is 0 Å². The summed E-state index contributed by atoms with van der Waals surface area (Å²) in [6, 6.07) is 41.0. The van der Waals surface area contributed by atoms with Crippen molar-refractivity contribution in [1.82, 2.24) is 0 Å². The molecule has 2 radical (unpaired) electrons. The molecule has 0 fully saturated rings. The Morgan fingerprint density at radius 1 is 0.387 bits per heavy atom. The van der Waals surface area contributed by atoms with Gasteiger partial charge < -0.3 is 0 Å². The average molecular weight is 390 g/mol. The van der Waals surface area contributed by atoms with Crippen molar-refractivity contribution in [3.63, 3.8) is 0 Å². The number of benzene rings is 6. The molecule has 0 N–H and O–H groups in total. The van der Waals surface area contributed by atoms with Crippen LogP contribution >= 0.6 is 0 Å². The molecule has 6 aromatic rings. The van der Waals surface area contributed by atoms with Crippen molar-refractivity contribution in [3.05, 3.63) is 115 Å². The zero-order chi connectivity index (χ0) is 20.8. The summed E-state index contributed by atoms with van der Waals surface area (Å²) in [4.78, 5) is 0. The van der Waals surface area contributed by atoms with Gasteiger partial charge in [0.05, 0.1) is 0 Å². The molecule has 0 aromatic heterocycles. The van der Waals surface area contributed by atoms with Crippen LogP contribution in [0.1, 0.15) is 0 Å². The molecule has 0 amide bonds. The smallest absolute Gasteiger partial charge is 0.0960 e. The van der Waals surface area contributed by atoms with Gasteiger partial charge in [0.15, 0.2) is 0 Å². The Morgan fingerprint density at radius 3 is 1.48 bits per heavy atom. The molecule has 0 saturated carbocycles. The Morgan fingerprint density at radius 2 is 0.871 bits per heavy atom. The molecule has 0 atom stereocenters. The van der Waals surface area contributed by atoms with Gasteiger partial charge >= 0.3 is 0 Å². The highest BCUT2D eigenvalue weighted by Gasteiger charge is 2.16. The normalized spacial score (nSPS) is 11.4. The molecule has 0 aliphatic heterocycles. The maximum absolute atomic E-state index is 5.99. The first-order valence-corrected chi connectivity index (χ1v) is 10.6. The molecule has 0 spiro atoms. The summed E-state index contributed by atoms with van der Waals surface area (Å²) in [6.07, 6.45) is 0. The van der Waals surface area contributed by atoms with E-state index in [0.717, 1.165) is 5.46 Å². The quantitative estimate of drug-likeness (QED) is 0.215. The maximum Gasteiger partial charge on any atom is 0.113 e. The first-order chi connectivity index (χ1) is 15.3. The molecule has 31 heavy (non-hydrogen) atoms. The van der Waals surface area contributed by atoms with E-state index in [4.69, 9.17) is 7.85 Å². The van der Waals surface area contributed by atoms with Gasteiger partial charge in [0.25, 0.3) is 0 Å². The van der Waals surface area contributed by atoms with Crippen LogP contribution in [0.3, 0.4) is 0 Å². The third-order valence-corrected chi connectivity index (χ3v) is 6.15. The van der Waals surface area contributed by atoms with Crippen molar-refractivity contribution in [3.8, 4) is 22.3 Å². The first kappa shape index (κ1) is 18.0. The second-order valence-corrected chi connectivity index (χ2v) is 8.03. The van der Waals surface area contributed by atoms with Crippen LogP contribution in [0.15, 0.2) is 115 Å². The third kappa shape index (κ3) is 2.93. The van der Waals surface area contributed by atoms with Crippen LogP contribution in [-0.4, -0.2) is 7.85 Å². The van der Waals surface area contributed by atoms with Gasteiger partial charge in [-0.1, -0.05) is 115 Å².